The second kappa shape index (κ2) is 6.65. The molecule has 0 aliphatic heterocycles. The zero-order valence-electron chi connectivity index (χ0n) is 11.2. The Hall–Kier alpha value is -1.69. The molecule has 0 unspecified atom stereocenters. The Morgan fingerprint density at radius 3 is 2.60 bits per heavy atom. The van der Waals surface area contributed by atoms with Crippen LogP contribution in [0.25, 0.3) is 0 Å². The number of carbonyl (C=O) groups excluding carboxylic acids is 2. The SMILES string of the molecule is COC(=O)CN(C(=O)c1ccc(Cl)nn1)C1CCCC1. The number of hydrogen-bond donors (Lipinski definition) is 0. The number of amides is 1. The maximum absolute atomic E-state index is 12.5. The Bertz CT molecular complexity index is 486. The summed E-state index contributed by atoms with van der Waals surface area (Å²) in [5.74, 6) is -0.751. The van der Waals surface area contributed by atoms with Crippen molar-refractivity contribution in [2.24, 2.45) is 0 Å². The number of nitrogens with zero attached hydrogens (tertiary/aromatic N) is 3. The molecule has 0 radical (unpaired) electrons. The summed E-state index contributed by atoms with van der Waals surface area (Å²) < 4.78 is 4.66. The van der Waals surface area contributed by atoms with Crippen molar-refractivity contribution < 1.29 is 14.3 Å². The summed E-state index contributed by atoms with van der Waals surface area (Å²) in [6.07, 6.45) is 3.90. The van der Waals surface area contributed by atoms with Crippen molar-refractivity contribution >= 4 is 23.5 Å². The molecular formula is C13H16ClN3O3. The van der Waals surface area contributed by atoms with E-state index in [0.29, 0.717) is 0 Å². The molecule has 1 heterocycles. The molecule has 1 amide bonds. The van der Waals surface area contributed by atoms with E-state index >= 15 is 0 Å². The van der Waals surface area contributed by atoms with Crippen LogP contribution in [0.15, 0.2) is 12.1 Å². The summed E-state index contributed by atoms with van der Waals surface area (Å²) in [5.41, 5.74) is 0.185. The van der Waals surface area contributed by atoms with E-state index in [4.69, 9.17) is 11.6 Å². The highest BCUT2D eigenvalue weighted by Gasteiger charge is 2.30. The van der Waals surface area contributed by atoms with Crippen LogP contribution in [0.3, 0.4) is 0 Å². The van der Waals surface area contributed by atoms with Gasteiger partial charge in [0.2, 0.25) is 0 Å². The largest absolute Gasteiger partial charge is 0.468 e. The van der Waals surface area contributed by atoms with E-state index in [-0.39, 0.29) is 29.3 Å². The van der Waals surface area contributed by atoms with Crippen molar-refractivity contribution in [2.45, 2.75) is 31.7 Å². The Morgan fingerprint density at radius 2 is 2.05 bits per heavy atom. The molecule has 0 N–H and O–H groups in total. The molecule has 108 valence electrons. The monoisotopic (exact) mass is 297 g/mol. The molecule has 1 fully saturated rings. The summed E-state index contributed by atoms with van der Waals surface area (Å²) in [7, 11) is 1.31. The van der Waals surface area contributed by atoms with Gasteiger partial charge in [0, 0.05) is 6.04 Å². The van der Waals surface area contributed by atoms with Crippen molar-refractivity contribution in [3.05, 3.63) is 23.0 Å². The molecule has 20 heavy (non-hydrogen) atoms. The highest BCUT2D eigenvalue weighted by Crippen LogP contribution is 2.24. The number of hydrogen-bond acceptors (Lipinski definition) is 5. The van der Waals surface area contributed by atoms with Crippen LogP contribution < -0.4 is 0 Å². The average molecular weight is 298 g/mol. The lowest BCUT2D eigenvalue weighted by Gasteiger charge is -2.27. The topological polar surface area (TPSA) is 72.4 Å². The van der Waals surface area contributed by atoms with Crippen LogP contribution >= 0.6 is 11.6 Å². The van der Waals surface area contributed by atoms with E-state index in [0.717, 1.165) is 25.7 Å². The first-order valence-corrected chi connectivity index (χ1v) is 6.86. The quantitative estimate of drug-likeness (QED) is 0.791. The van der Waals surface area contributed by atoms with Crippen LogP contribution in [0.5, 0.6) is 0 Å². The van der Waals surface area contributed by atoms with Crippen LogP contribution in [0.4, 0.5) is 0 Å². The molecule has 0 saturated heterocycles. The Balaban J connectivity index is 2.18. The molecule has 0 bridgehead atoms. The van der Waals surface area contributed by atoms with E-state index in [1.165, 1.54) is 24.1 Å². The molecule has 0 spiro atoms. The van der Waals surface area contributed by atoms with Crippen LogP contribution in [0, 0.1) is 0 Å². The maximum Gasteiger partial charge on any atom is 0.325 e. The van der Waals surface area contributed by atoms with Gasteiger partial charge in [-0.1, -0.05) is 24.4 Å². The second-order valence-corrected chi connectivity index (χ2v) is 5.08. The highest BCUT2D eigenvalue weighted by atomic mass is 35.5. The van der Waals surface area contributed by atoms with E-state index in [2.05, 4.69) is 14.9 Å². The minimum Gasteiger partial charge on any atom is -0.468 e. The summed E-state index contributed by atoms with van der Waals surface area (Å²) in [6, 6.07) is 3.07. The van der Waals surface area contributed by atoms with Gasteiger partial charge in [-0.2, -0.15) is 0 Å². The summed E-state index contributed by atoms with van der Waals surface area (Å²) in [6.45, 7) is -0.0652. The first-order chi connectivity index (χ1) is 9.61. The van der Waals surface area contributed by atoms with E-state index in [1.54, 1.807) is 0 Å². The van der Waals surface area contributed by atoms with Crippen molar-refractivity contribution in [1.82, 2.24) is 15.1 Å². The third kappa shape index (κ3) is 3.45. The van der Waals surface area contributed by atoms with Crippen LogP contribution in [0.2, 0.25) is 5.15 Å². The van der Waals surface area contributed by atoms with E-state index in [9.17, 15) is 9.59 Å². The van der Waals surface area contributed by atoms with Gasteiger partial charge < -0.3 is 9.64 Å². The molecule has 1 aliphatic carbocycles. The normalized spacial score (nSPS) is 15.1. The predicted octanol–water partition coefficient (Wildman–Crippen LogP) is 1.69. The number of rotatable bonds is 4. The third-order valence-electron chi connectivity index (χ3n) is 3.40. The van der Waals surface area contributed by atoms with Gasteiger partial charge in [-0.3, -0.25) is 9.59 Å². The smallest absolute Gasteiger partial charge is 0.325 e. The van der Waals surface area contributed by atoms with Gasteiger partial charge >= 0.3 is 5.97 Å². The number of carbonyl (C=O) groups is 2. The lowest BCUT2D eigenvalue weighted by molar-refractivity contribution is -0.141. The molecule has 0 aromatic carbocycles. The predicted molar refractivity (Wildman–Crippen MR) is 72.4 cm³/mol. The molecule has 7 heteroatoms. The zero-order chi connectivity index (χ0) is 14.5. The molecule has 2 rings (SSSR count). The molecule has 0 atom stereocenters. The number of methoxy groups -OCH3 is 1. The number of halogens is 1. The van der Waals surface area contributed by atoms with Gasteiger partial charge in [0.1, 0.15) is 6.54 Å². The van der Waals surface area contributed by atoms with E-state index in [1.807, 2.05) is 0 Å². The Kier molecular flexibility index (Phi) is 4.89. The fourth-order valence-electron chi connectivity index (χ4n) is 2.36. The van der Waals surface area contributed by atoms with Gasteiger partial charge in [0.05, 0.1) is 7.11 Å². The average Bonchev–Trinajstić information content (AvgIpc) is 2.98. The fraction of sp³-hybridized carbons (Fsp3) is 0.538. The zero-order valence-corrected chi connectivity index (χ0v) is 12.0. The first kappa shape index (κ1) is 14.7. The van der Waals surface area contributed by atoms with Crippen LogP contribution in [0.1, 0.15) is 36.2 Å². The molecular weight excluding hydrogens is 282 g/mol. The van der Waals surface area contributed by atoms with Gasteiger partial charge in [-0.05, 0) is 25.0 Å². The lowest BCUT2D eigenvalue weighted by atomic mass is 10.2. The standard InChI is InChI=1S/C13H16ClN3O3/c1-20-12(18)8-17(9-4-2-3-5-9)13(19)10-6-7-11(14)16-15-10/h6-7,9H,2-5,8H2,1H3. The van der Waals surface area contributed by atoms with Crippen molar-refractivity contribution in [2.75, 3.05) is 13.7 Å². The van der Waals surface area contributed by atoms with Crippen molar-refractivity contribution in [3.63, 3.8) is 0 Å². The third-order valence-corrected chi connectivity index (χ3v) is 3.61. The summed E-state index contributed by atoms with van der Waals surface area (Å²) >= 11 is 5.66. The summed E-state index contributed by atoms with van der Waals surface area (Å²) in [4.78, 5) is 25.5. The molecule has 1 saturated carbocycles. The minimum atomic E-state index is -0.438. The number of ether oxygens (including phenoxy) is 1. The molecule has 1 aliphatic rings. The van der Waals surface area contributed by atoms with Crippen LogP contribution in [-0.4, -0.2) is 46.7 Å². The van der Waals surface area contributed by atoms with E-state index < -0.39 is 5.97 Å². The first-order valence-electron chi connectivity index (χ1n) is 6.49. The minimum absolute atomic E-state index is 0.0547. The highest BCUT2D eigenvalue weighted by molar-refractivity contribution is 6.29. The molecule has 1 aromatic rings. The van der Waals surface area contributed by atoms with Gasteiger partial charge in [-0.15, -0.1) is 10.2 Å². The molecule has 6 nitrogen and oxygen atoms in total. The maximum atomic E-state index is 12.5. The van der Waals surface area contributed by atoms with Crippen molar-refractivity contribution in [3.8, 4) is 0 Å². The lowest BCUT2D eigenvalue weighted by Crippen LogP contribution is -2.43. The second-order valence-electron chi connectivity index (χ2n) is 4.69. The van der Waals surface area contributed by atoms with Gasteiger partial charge in [0.15, 0.2) is 10.8 Å². The summed E-state index contributed by atoms with van der Waals surface area (Å²) in [5, 5.41) is 7.66. The van der Waals surface area contributed by atoms with Gasteiger partial charge in [0.25, 0.3) is 5.91 Å². The Labute approximate surface area is 122 Å². The van der Waals surface area contributed by atoms with Crippen LogP contribution in [-0.2, 0) is 9.53 Å². The van der Waals surface area contributed by atoms with Crippen molar-refractivity contribution in [1.29, 1.82) is 0 Å². The Morgan fingerprint density at radius 1 is 1.35 bits per heavy atom. The molecule has 1 aromatic heterocycles. The fourth-order valence-corrected chi connectivity index (χ4v) is 2.46. The van der Waals surface area contributed by atoms with Gasteiger partial charge in [-0.25, -0.2) is 0 Å². The number of aromatic nitrogens is 2. The number of esters is 1.